The van der Waals surface area contributed by atoms with Gasteiger partial charge in [-0.2, -0.15) is 5.10 Å². The molecular formula is C19H26N2O2. The van der Waals surface area contributed by atoms with Crippen molar-refractivity contribution in [1.29, 1.82) is 0 Å². The first-order valence-electron chi connectivity index (χ1n) is 8.25. The molecule has 0 unspecified atom stereocenters. The minimum Gasteiger partial charge on any atom is -0.484 e. The average molecular weight is 314 g/mol. The number of benzene rings is 1. The van der Waals surface area contributed by atoms with E-state index >= 15 is 0 Å². The summed E-state index contributed by atoms with van der Waals surface area (Å²) in [6, 6.07) is 7.89. The molecule has 0 amide bonds. The third kappa shape index (κ3) is 4.01. The molecule has 0 bridgehead atoms. The zero-order valence-corrected chi connectivity index (χ0v) is 14.7. The van der Waals surface area contributed by atoms with Gasteiger partial charge in [-0.3, -0.25) is 4.79 Å². The summed E-state index contributed by atoms with van der Waals surface area (Å²) in [5, 5.41) is 4.37. The Morgan fingerprint density at radius 2 is 1.87 bits per heavy atom. The van der Waals surface area contributed by atoms with E-state index in [-0.39, 0.29) is 12.5 Å². The fourth-order valence-corrected chi connectivity index (χ4v) is 2.68. The highest BCUT2D eigenvalue weighted by Gasteiger charge is 2.16. The minimum absolute atomic E-state index is 0.00541. The van der Waals surface area contributed by atoms with E-state index in [0.717, 1.165) is 24.2 Å². The fourth-order valence-electron chi connectivity index (χ4n) is 2.68. The minimum atomic E-state index is -0.138. The van der Waals surface area contributed by atoms with Gasteiger partial charge in [-0.1, -0.05) is 39.3 Å². The van der Waals surface area contributed by atoms with Crippen LogP contribution in [0.1, 0.15) is 60.4 Å². The molecule has 0 atom stereocenters. The lowest BCUT2D eigenvalue weighted by Gasteiger charge is -2.09. The molecule has 0 aliphatic rings. The van der Waals surface area contributed by atoms with Crippen molar-refractivity contribution in [2.75, 3.05) is 6.61 Å². The molecule has 0 N–H and O–H groups in total. The molecule has 1 heterocycles. The van der Waals surface area contributed by atoms with Gasteiger partial charge in [0.2, 0.25) is 0 Å². The lowest BCUT2D eigenvalue weighted by Crippen LogP contribution is -2.21. The molecule has 2 rings (SSSR count). The predicted molar refractivity (Wildman–Crippen MR) is 92.3 cm³/mol. The molecule has 1 aromatic heterocycles. The van der Waals surface area contributed by atoms with Gasteiger partial charge in [-0.25, -0.2) is 4.68 Å². The molecular weight excluding hydrogens is 288 g/mol. The summed E-state index contributed by atoms with van der Waals surface area (Å²) >= 11 is 0. The van der Waals surface area contributed by atoms with Crippen LogP contribution in [0.25, 0.3) is 0 Å². The van der Waals surface area contributed by atoms with Crippen molar-refractivity contribution in [3.05, 3.63) is 46.8 Å². The molecule has 0 fully saturated rings. The van der Waals surface area contributed by atoms with Crippen LogP contribution in [0, 0.1) is 13.8 Å². The van der Waals surface area contributed by atoms with Crippen molar-refractivity contribution < 1.29 is 9.53 Å². The Bertz CT molecular complexity index is 669. The van der Waals surface area contributed by atoms with Crippen LogP contribution >= 0.6 is 0 Å². The first kappa shape index (κ1) is 17.3. The highest BCUT2D eigenvalue weighted by Crippen LogP contribution is 2.19. The van der Waals surface area contributed by atoms with E-state index in [9.17, 15) is 4.79 Å². The molecule has 0 saturated heterocycles. The maximum absolute atomic E-state index is 12.4. The van der Waals surface area contributed by atoms with Gasteiger partial charge in [0.15, 0.2) is 6.61 Å². The predicted octanol–water partition coefficient (Wildman–Crippen LogP) is 4.30. The number of nitrogens with zero attached hydrogens (tertiary/aromatic N) is 2. The van der Waals surface area contributed by atoms with Crippen molar-refractivity contribution >= 4 is 5.91 Å². The largest absolute Gasteiger partial charge is 0.484 e. The van der Waals surface area contributed by atoms with Crippen LogP contribution in [-0.2, 0) is 6.42 Å². The monoisotopic (exact) mass is 314 g/mol. The number of aromatic nitrogens is 2. The number of rotatable bonds is 6. The summed E-state index contributed by atoms with van der Waals surface area (Å²) in [5.41, 5.74) is 4.28. The van der Waals surface area contributed by atoms with E-state index in [4.69, 9.17) is 4.74 Å². The number of hydrogen-bond acceptors (Lipinski definition) is 3. The Hall–Kier alpha value is -2.10. The number of carbonyl (C=O) groups is 1. The van der Waals surface area contributed by atoms with Gasteiger partial charge in [-0.15, -0.1) is 0 Å². The summed E-state index contributed by atoms with van der Waals surface area (Å²) in [6.07, 6.45) is 1.99. The van der Waals surface area contributed by atoms with Crippen molar-refractivity contribution in [1.82, 2.24) is 9.78 Å². The molecule has 0 spiro atoms. The van der Waals surface area contributed by atoms with Crippen molar-refractivity contribution in [2.24, 2.45) is 0 Å². The smallest absolute Gasteiger partial charge is 0.284 e. The molecule has 2 aromatic rings. The van der Waals surface area contributed by atoms with E-state index in [2.05, 4.69) is 25.9 Å². The quantitative estimate of drug-likeness (QED) is 0.798. The lowest BCUT2D eigenvalue weighted by molar-refractivity contribution is 0.0818. The van der Waals surface area contributed by atoms with Crippen molar-refractivity contribution in [2.45, 2.75) is 53.4 Å². The third-order valence-corrected chi connectivity index (χ3v) is 4.09. The molecule has 23 heavy (non-hydrogen) atoms. The van der Waals surface area contributed by atoms with Gasteiger partial charge in [0.1, 0.15) is 5.75 Å². The van der Waals surface area contributed by atoms with E-state index in [1.165, 1.54) is 15.8 Å². The average Bonchev–Trinajstić information content (AvgIpc) is 2.81. The second kappa shape index (κ2) is 7.44. The molecule has 4 nitrogen and oxygen atoms in total. The first-order chi connectivity index (χ1) is 10.9. The lowest BCUT2D eigenvalue weighted by atomic mass is 10.0. The van der Waals surface area contributed by atoms with Gasteiger partial charge in [-0.05, 0) is 49.4 Å². The second-order valence-electron chi connectivity index (χ2n) is 6.22. The normalized spacial score (nSPS) is 11.0. The maximum atomic E-state index is 12.4. The van der Waals surface area contributed by atoms with E-state index in [1.807, 2.05) is 38.1 Å². The molecule has 0 radical (unpaired) electrons. The van der Waals surface area contributed by atoms with Gasteiger partial charge in [0.25, 0.3) is 5.91 Å². The Balaban J connectivity index is 2.03. The molecule has 0 saturated carbocycles. The first-order valence-corrected chi connectivity index (χ1v) is 8.25. The Kier molecular flexibility index (Phi) is 5.59. The van der Waals surface area contributed by atoms with Gasteiger partial charge in [0, 0.05) is 5.69 Å². The molecule has 0 aliphatic carbocycles. The van der Waals surface area contributed by atoms with Crippen LogP contribution in [0.2, 0.25) is 0 Å². The highest BCUT2D eigenvalue weighted by molar-refractivity contribution is 5.80. The third-order valence-electron chi connectivity index (χ3n) is 4.09. The van der Waals surface area contributed by atoms with Crippen LogP contribution in [0.4, 0.5) is 0 Å². The topological polar surface area (TPSA) is 44.1 Å². The maximum Gasteiger partial charge on any atom is 0.284 e. The van der Waals surface area contributed by atoms with Crippen LogP contribution in [0.5, 0.6) is 5.75 Å². The van der Waals surface area contributed by atoms with E-state index in [0.29, 0.717) is 11.7 Å². The summed E-state index contributed by atoms with van der Waals surface area (Å²) in [7, 11) is 0. The van der Waals surface area contributed by atoms with Crippen LogP contribution in [0.3, 0.4) is 0 Å². The Morgan fingerprint density at radius 3 is 2.43 bits per heavy atom. The van der Waals surface area contributed by atoms with Gasteiger partial charge in [0.05, 0.1) is 5.69 Å². The number of carbonyl (C=O) groups excluding carboxylic acids is 1. The van der Waals surface area contributed by atoms with Gasteiger partial charge < -0.3 is 4.74 Å². The second-order valence-corrected chi connectivity index (χ2v) is 6.22. The summed E-state index contributed by atoms with van der Waals surface area (Å²) < 4.78 is 7.09. The SMILES string of the molecule is CCCc1c(C)nn(C(=O)COc2ccc(C(C)C)cc2)c1C. The number of ether oxygens (including phenoxy) is 1. The summed E-state index contributed by atoms with van der Waals surface area (Å²) in [6.45, 7) is 10.3. The molecule has 0 aliphatic heterocycles. The Labute approximate surface area is 138 Å². The molecule has 1 aromatic carbocycles. The Morgan fingerprint density at radius 1 is 1.22 bits per heavy atom. The zero-order valence-electron chi connectivity index (χ0n) is 14.7. The number of hydrogen-bond donors (Lipinski definition) is 0. The fraction of sp³-hybridized carbons (Fsp3) is 0.474. The zero-order chi connectivity index (χ0) is 17.0. The summed E-state index contributed by atoms with van der Waals surface area (Å²) in [5.74, 6) is 1.05. The van der Waals surface area contributed by atoms with Crippen molar-refractivity contribution in [3.63, 3.8) is 0 Å². The van der Waals surface area contributed by atoms with Crippen LogP contribution in [-0.4, -0.2) is 22.3 Å². The van der Waals surface area contributed by atoms with E-state index < -0.39 is 0 Å². The van der Waals surface area contributed by atoms with E-state index in [1.54, 1.807) is 0 Å². The van der Waals surface area contributed by atoms with Crippen LogP contribution in [0.15, 0.2) is 24.3 Å². The van der Waals surface area contributed by atoms with Crippen LogP contribution < -0.4 is 4.74 Å². The number of aryl methyl sites for hydroxylation is 1. The van der Waals surface area contributed by atoms with Crippen molar-refractivity contribution in [3.8, 4) is 5.75 Å². The molecule has 4 heteroatoms. The highest BCUT2D eigenvalue weighted by atomic mass is 16.5. The molecule has 124 valence electrons. The standard InChI is InChI=1S/C19H26N2O2/c1-6-7-18-14(4)20-21(15(18)5)19(22)12-23-17-10-8-16(9-11-17)13(2)3/h8-11,13H,6-7,12H2,1-5H3. The summed E-state index contributed by atoms with van der Waals surface area (Å²) in [4.78, 5) is 12.4. The van der Waals surface area contributed by atoms with Gasteiger partial charge >= 0.3 is 0 Å².